The lowest BCUT2D eigenvalue weighted by atomic mass is 10.3. The maximum Gasteiger partial charge on any atom is 0.234 e. The van der Waals surface area contributed by atoms with Crippen LogP contribution in [0.3, 0.4) is 0 Å². The van der Waals surface area contributed by atoms with E-state index in [2.05, 4.69) is 15.3 Å². The summed E-state index contributed by atoms with van der Waals surface area (Å²) in [5, 5.41) is 6.65. The van der Waals surface area contributed by atoms with Crippen LogP contribution in [-0.4, -0.2) is 28.7 Å². The summed E-state index contributed by atoms with van der Waals surface area (Å²) >= 11 is 2.97. The summed E-state index contributed by atoms with van der Waals surface area (Å²) in [4.78, 5) is 21.4. The quantitative estimate of drug-likeness (QED) is 0.573. The SMILES string of the molecule is COc1ccc(NC(=O)CSc2ncnc3sccc23)cc1. The third kappa shape index (κ3) is 3.37. The molecule has 3 aromatic rings. The number of ether oxygens (including phenoxy) is 1. The number of fused-ring (bicyclic) bond motifs is 1. The van der Waals surface area contributed by atoms with E-state index in [1.807, 2.05) is 35.7 Å². The van der Waals surface area contributed by atoms with Crippen molar-refractivity contribution in [2.75, 3.05) is 18.2 Å². The van der Waals surface area contributed by atoms with E-state index in [1.165, 1.54) is 18.1 Å². The van der Waals surface area contributed by atoms with Crippen molar-refractivity contribution in [3.05, 3.63) is 42.0 Å². The number of aromatic nitrogens is 2. The molecular weight excluding hydrogens is 318 g/mol. The number of thiophene rings is 1. The van der Waals surface area contributed by atoms with E-state index >= 15 is 0 Å². The van der Waals surface area contributed by atoms with Gasteiger partial charge in [-0.15, -0.1) is 11.3 Å². The van der Waals surface area contributed by atoms with E-state index in [0.29, 0.717) is 5.75 Å². The van der Waals surface area contributed by atoms with Crippen molar-refractivity contribution < 1.29 is 9.53 Å². The zero-order valence-electron chi connectivity index (χ0n) is 11.8. The second kappa shape index (κ2) is 6.76. The van der Waals surface area contributed by atoms with Gasteiger partial charge in [-0.2, -0.15) is 0 Å². The third-order valence-corrected chi connectivity index (χ3v) is 4.76. The Balaban J connectivity index is 1.61. The van der Waals surface area contributed by atoms with Crippen LogP contribution >= 0.6 is 23.1 Å². The molecule has 2 heterocycles. The van der Waals surface area contributed by atoms with Crippen molar-refractivity contribution in [1.29, 1.82) is 0 Å². The monoisotopic (exact) mass is 331 g/mol. The van der Waals surface area contributed by atoms with Crippen molar-refractivity contribution in [3.8, 4) is 5.75 Å². The largest absolute Gasteiger partial charge is 0.497 e. The Hall–Kier alpha value is -2.12. The summed E-state index contributed by atoms with van der Waals surface area (Å²) in [7, 11) is 1.61. The van der Waals surface area contributed by atoms with Crippen LogP contribution in [0.4, 0.5) is 5.69 Å². The van der Waals surface area contributed by atoms with Crippen molar-refractivity contribution in [2.24, 2.45) is 0 Å². The average Bonchev–Trinajstić information content (AvgIpc) is 3.03. The normalized spacial score (nSPS) is 10.6. The number of hydrogen-bond acceptors (Lipinski definition) is 6. The maximum absolute atomic E-state index is 12.0. The molecule has 0 aliphatic carbocycles. The fourth-order valence-electron chi connectivity index (χ4n) is 1.89. The first-order valence-electron chi connectivity index (χ1n) is 6.51. The van der Waals surface area contributed by atoms with Crippen molar-refractivity contribution in [2.45, 2.75) is 5.03 Å². The minimum atomic E-state index is -0.0721. The molecule has 2 aromatic heterocycles. The Labute approximate surface area is 135 Å². The van der Waals surface area contributed by atoms with Gasteiger partial charge in [0.05, 0.1) is 12.9 Å². The Morgan fingerprint density at radius 3 is 2.86 bits per heavy atom. The Morgan fingerprint density at radius 2 is 2.09 bits per heavy atom. The molecule has 1 aromatic carbocycles. The minimum absolute atomic E-state index is 0.0721. The van der Waals surface area contributed by atoms with Gasteiger partial charge in [0.2, 0.25) is 5.91 Å². The smallest absolute Gasteiger partial charge is 0.234 e. The summed E-state index contributed by atoms with van der Waals surface area (Å²) in [6.07, 6.45) is 1.53. The molecule has 0 radical (unpaired) electrons. The summed E-state index contributed by atoms with van der Waals surface area (Å²) in [6.45, 7) is 0. The summed E-state index contributed by atoms with van der Waals surface area (Å²) < 4.78 is 5.08. The van der Waals surface area contributed by atoms with Crippen molar-refractivity contribution in [3.63, 3.8) is 0 Å². The molecule has 0 saturated carbocycles. The van der Waals surface area contributed by atoms with E-state index in [9.17, 15) is 4.79 Å². The molecular formula is C15H13N3O2S2. The molecule has 3 rings (SSSR count). The Morgan fingerprint density at radius 1 is 1.27 bits per heavy atom. The molecule has 22 heavy (non-hydrogen) atoms. The van der Waals surface area contributed by atoms with E-state index in [1.54, 1.807) is 18.4 Å². The van der Waals surface area contributed by atoms with Gasteiger partial charge in [-0.1, -0.05) is 11.8 Å². The van der Waals surface area contributed by atoms with Gasteiger partial charge in [-0.05, 0) is 35.7 Å². The predicted molar refractivity (Wildman–Crippen MR) is 89.8 cm³/mol. The van der Waals surface area contributed by atoms with Crippen LogP contribution < -0.4 is 10.1 Å². The lowest BCUT2D eigenvalue weighted by molar-refractivity contribution is -0.113. The first kappa shape index (κ1) is 14.8. The number of benzene rings is 1. The van der Waals surface area contributed by atoms with Gasteiger partial charge in [0.1, 0.15) is 21.9 Å². The molecule has 7 heteroatoms. The molecule has 5 nitrogen and oxygen atoms in total. The number of amides is 1. The van der Waals surface area contributed by atoms with Crippen LogP contribution in [0.25, 0.3) is 10.2 Å². The van der Waals surface area contributed by atoms with Crippen LogP contribution in [0.15, 0.2) is 47.1 Å². The molecule has 0 aliphatic heterocycles. The number of methoxy groups -OCH3 is 1. The number of carbonyl (C=O) groups excluding carboxylic acids is 1. The van der Waals surface area contributed by atoms with Crippen LogP contribution in [0.5, 0.6) is 5.75 Å². The first-order valence-corrected chi connectivity index (χ1v) is 8.37. The highest BCUT2D eigenvalue weighted by Gasteiger charge is 2.09. The Kier molecular flexibility index (Phi) is 4.55. The van der Waals surface area contributed by atoms with E-state index in [-0.39, 0.29) is 5.91 Å². The molecule has 1 N–H and O–H groups in total. The standard InChI is InChI=1S/C15H13N3O2S2/c1-20-11-4-2-10(3-5-11)18-13(19)8-22-15-12-6-7-21-14(12)16-9-17-15/h2-7,9H,8H2,1H3,(H,18,19). The van der Waals surface area contributed by atoms with E-state index < -0.39 is 0 Å². The van der Waals surface area contributed by atoms with Gasteiger partial charge >= 0.3 is 0 Å². The fourth-order valence-corrected chi connectivity index (χ4v) is 3.47. The molecule has 0 atom stereocenters. The molecule has 0 saturated heterocycles. The van der Waals surface area contributed by atoms with Crippen LogP contribution in [-0.2, 0) is 4.79 Å². The van der Waals surface area contributed by atoms with Gasteiger partial charge in [-0.3, -0.25) is 4.79 Å². The number of nitrogens with zero attached hydrogens (tertiary/aromatic N) is 2. The zero-order chi connectivity index (χ0) is 15.4. The second-order valence-electron chi connectivity index (χ2n) is 4.38. The number of hydrogen-bond donors (Lipinski definition) is 1. The summed E-state index contributed by atoms with van der Waals surface area (Å²) in [5.74, 6) is 0.985. The van der Waals surface area contributed by atoms with Gasteiger partial charge in [0.15, 0.2) is 0 Å². The molecule has 0 spiro atoms. The Bertz CT molecular complexity index is 787. The number of carbonyl (C=O) groups is 1. The number of thioether (sulfide) groups is 1. The number of anilines is 1. The van der Waals surface area contributed by atoms with Gasteiger partial charge in [-0.25, -0.2) is 9.97 Å². The molecule has 0 aliphatic rings. The zero-order valence-corrected chi connectivity index (χ0v) is 13.4. The van der Waals surface area contributed by atoms with Crippen molar-refractivity contribution >= 4 is 44.9 Å². The highest BCUT2D eigenvalue weighted by Crippen LogP contribution is 2.27. The molecule has 112 valence electrons. The highest BCUT2D eigenvalue weighted by molar-refractivity contribution is 8.00. The highest BCUT2D eigenvalue weighted by atomic mass is 32.2. The van der Waals surface area contributed by atoms with Crippen LogP contribution in [0.2, 0.25) is 0 Å². The van der Waals surface area contributed by atoms with E-state index in [4.69, 9.17) is 4.74 Å². The van der Waals surface area contributed by atoms with Crippen LogP contribution in [0.1, 0.15) is 0 Å². The molecule has 0 unspecified atom stereocenters. The molecule has 0 fully saturated rings. The number of nitrogens with one attached hydrogen (secondary N) is 1. The fraction of sp³-hybridized carbons (Fsp3) is 0.133. The lowest BCUT2D eigenvalue weighted by Crippen LogP contribution is -2.14. The van der Waals surface area contributed by atoms with Crippen molar-refractivity contribution in [1.82, 2.24) is 9.97 Å². The van der Waals surface area contributed by atoms with Gasteiger partial charge in [0, 0.05) is 11.1 Å². The summed E-state index contributed by atoms with van der Waals surface area (Å²) in [6, 6.07) is 9.21. The molecule has 0 bridgehead atoms. The topological polar surface area (TPSA) is 64.1 Å². The average molecular weight is 331 g/mol. The predicted octanol–water partition coefficient (Wildman–Crippen LogP) is 3.43. The molecule has 1 amide bonds. The summed E-state index contributed by atoms with van der Waals surface area (Å²) in [5.41, 5.74) is 0.745. The van der Waals surface area contributed by atoms with Gasteiger partial charge < -0.3 is 10.1 Å². The van der Waals surface area contributed by atoms with E-state index in [0.717, 1.165) is 26.7 Å². The minimum Gasteiger partial charge on any atom is -0.497 e. The van der Waals surface area contributed by atoms with Gasteiger partial charge in [0.25, 0.3) is 0 Å². The van der Waals surface area contributed by atoms with Crippen LogP contribution in [0, 0.1) is 0 Å². The number of rotatable bonds is 5. The lowest BCUT2D eigenvalue weighted by Gasteiger charge is -2.06. The second-order valence-corrected chi connectivity index (χ2v) is 6.24. The third-order valence-electron chi connectivity index (χ3n) is 2.94. The first-order chi connectivity index (χ1) is 10.8. The maximum atomic E-state index is 12.0.